The molecule has 0 aliphatic carbocycles. The van der Waals surface area contributed by atoms with E-state index in [9.17, 15) is 0 Å². The Bertz CT molecular complexity index is 605. The van der Waals surface area contributed by atoms with E-state index in [4.69, 9.17) is 0 Å². The highest BCUT2D eigenvalue weighted by Gasteiger charge is 2.25. The van der Waals surface area contributed by atoms with Crippen LogP contribution in [0.25, 0.3) is 0 Å². The Morgan fingerprint density at radius 2 is 1.85 bits per heavy atom. The maximum absolute atomic E-state index is 4.43. The molecule has 0 aromatic heterocycles. The van der Waals surface area contributed by atoms with Crippen molar-refractivity contribution < 1.29 is 0 Å². The molecule has 1 aromatic carbocycles. The van der Waals surface area contributed by atoms with Crippen molar-refractivity contribution in [2.75, 3.05) is 65.3 Å². The normalized spacial score (nSPS) is 24.6. The van der Waals surface area contributed by atoms with Crippen LogP contribution in [0.15, 0.2) is 29.3 Å². The van der Waals surface area contributed by atoms with Gasteiger partial charge in [0.05, 0.1) is 0 Å². The van der Waals surface area contributed by atoms with E-state index < -0.39 is 0 Å². The van der Waals surface area contributed by atoms with Gasteiger partial charge in [0.25, 0.3) is 0 Å². The molecule has 1 aromatic rings. The molecule has 0 spiro atoms. The van der Waals surface area contributed by atoms with Crippen LogP contribution in [0.1, 0.15) is 12.0 Å². The zero-order chi connectivity index (χ0) is 18.5. The van der Waals surface area contributed by atoms with Gasteiger partial charge >= 0.3 is 0 Å². The van der Waals surface area contributed by atoms with Crippen LogP contribution in [0.2, 0.25) is 0 Å². The predicted octanol–water partition coefficient (Wildman–Crippen LogP) is 1.60. The molecular formula is C20H35IN6. The van der Waals surface area contributed by atoms with Gasteiger partial charge in [0, 0.05) is 64.1 Å². The monoisotopic (exact) mass is 486 g/mol. The fourth-order valence-electron chi connectivity index (χ4n) is 3.79. The highest BCUT2D eigenvalue weighted by Crippen LogP contribution is 2.20. The number of benzene rings is 1. The highest BCUT2D eigenvalue weighted by molar-refractivity contribution is 14.0. The quantitative estimate of drug-likeness (QED) is 0.385. The molecule has 0 amide bonds. The average Bonchev–Trinajstić information content (AvgIpc) is 3.10. The van der Waals surface area contributed by atoms with Crippen molar-refractivity contribution in [1.82, 2.24) is 20.4 Å². The van der Waals surface area contributed by atoms with Crippen LogP contribution in [0, 0.1) is 6.92 Å². The third kappa shape index (κ3) is 6.22. The number of rotatable bonds is 4. The number of hydrogen-bond acceptors (Lipinski definition) is 4. The average molecular weight is 486 g/mol. The highest BCUT2D eigenvalue weighted by atomic mass is 127. The fourth-order valence-corrected chi connectivity index (χ4v) is 3.79. The number of anilines is 1. The van der Waals surface area contributed by atoms with Crippen molar-refractivity contribution in [3.63, 3.8) is 0 Å². The zero-order valence-electron chi connectivity index (χ0n) is 17.1. The van der Waals surface area contributed by atoms with Crippen LogP contribution >= 0.6 is 24.0 Å². The van der Waals surface area contributed by atoms with Crippen molar-refractivity contribution in [1.29, 1.82) is 0 Å². The van der Waals surface area contributed by atoms with Gasteiger partial charge in [0.1, 0.15) is 0 Å². The maximum Gasteiger partial charge on any atom is 0.191 e. The van der Waals surface area contributed by atoms with Crippen LogP contribution in [0.5, 0.6) is 0 Å². The summed E-state index contributed by atoms with van der Waals surface area (Å²) in [7, 11) is 6.27. The molecule has 2 atom stereocenters. The summed E-state index contributed by atoms with van der Waals surface area (Å²) in [5.74, 6) is 0.919. The first-order valence-corrected chi connectivity index (χ1v) is 9.72. The molecule has 2 saturated heterocycles. The van der Waals surface area contributed by atoms with Crippen molar-refractivity contribution in [2.45, 2.75) is 25.4 Å². The van der Waals surface area contributed by atoms with Gasteiger partial charge in [-0.1, -0.05) is 17.7 Å². The van der Waals surface area contributed by atoms with Gasteiger partial charge in [0.2, 0.25) is 0 Å². The van der Waals surface area contributed by atoms with Crippen molar-refractivity contribution in [3.8, 4) is 0 Å². The molecule has 0 saturated carbocycles. The van der Waals surface area contributed by atoms with E-state index in [2.05, 4.69) is 75.6 Å². The molecule has 2 fully saturated rings. The summed E-state index contributed by atoms with van der Waals surface area (Å²) in [6, 6.07) is 9.79. The lowest BCUT2D eigenvalue weighted by Crippen LogP contribution is -2.56. The number of guanidine groups is 1. The van der Waals surface area contributed by atoms with Crippen LogP contribution < -0.4 is 15.5 Å². The van der Waals surface area contributed by atoms with E-state index >= 15 is 0 Å². The van der Waals surface area contributed by atoms with Crippen LogP contribution in [0.4, 0.5) is 5.69 Å². The third-order valence-corrected chi connectivity index (χ3v) is 5.64. The SMILES string of the molecule is CN=C(NCC1CN(C)CCN1C)NC1CCN(c2ccc(C)cc2)C1.I. The van der Waals surface area contributed by atoms with Crippen molar-refractivity contribution in [2.24, 2.45) is 4.99 Å². The molecule has 6 nitrogen and oxygen atoms in total. The van der Waals surface area contributed by atoms with Crippen LogP contribution in [-0.2, 0) is 0 Å². The molecule has 2 aliphatic heterocycles. The Kier molecular flexibility index (Phi) is 8.62. The first kappa shape index (κ1) is 22.2. The van der Waals surface area contributed by atoms with Gasteiger partial charge in [-0.05, 0) is 39.6 Å². The Morgan fingerprint density at radius 3 is 2.56 bits per heavy atom. The van der Waals surface area contributed by atoms with Gasteiger partial charge in [-0.2, -0.15) is 0 Å². The van der Waals surface area contributed by atoms with Crippen LogP contribution in [0.3, 0.4) is 0 Å². The molecule has 0 radical (unpaired) electrons. The minimum absolute atomic E-state index is 0. The summed E-state index contributed by atoms with van der Waals surface area (Å²) >= 11 is 0. The fraction of sp³-hybridized carbons (Fsp3) is 0.650. The van der Waals surface area contributed by atoms with E-state index in [-0.39, 0.29) is 24.0 Å². The van der Waals surface area contributed by atoms with Gasteiger partial charge in [-0.3, -0.25) is 9.89 Å². The number of hydrogen-bond donors (Lipinski definition) is 2. The Balaban J connectivity index is 0.00000261. The molecule has 27 heavy (non-hydrogen) atoms. The Morgan fingerprint density at radius 1 is 1.11 bits per heavy atom. The number of nitrogens with one attached hydrogen (secondary N) is 2. The van der Waals surface area contributed by atoms with Gasteiger partial charge in [-0.15, -0.1) is 24.0 Å². The molecule has 2 aliphatic rings. The van der Waals surface area contributed by atoms with E-state index in [0.717, 1.165) is 51.6 Å². The number of aliphatic imine (C=N–C) groups is 1. The number of nitrogens with zero attached hydrogens (tertiary/aromatic N) is 4. The Labute approximate surface area is 181 Å². The lowest BCUT2D eigenvalue weighted by molar-refractivity contribution is 0.116. The number of likely N-dealkylation sites (N-methyl/N-ethyl adjacent to an activating group) is 2. The summed E-state index contributed by atoms with van der Waals surface area (Å²) in [5, 5.41) is 7.14. The number of aryl methyl sites for hydroxylation is 1. The summed E-state index contributed by atoms with van der Waals surface area (Å²) in [4.78, 5) is 11.7. The predicted molar refractivity (Wildman–Crippen MR) is 126 cm³/mol. The molecule has 2 N–H and O–H groups in total. The minimum atomic E-state index is 0. The van der Waals surface area contributed by atoms with Gasteiger partial charge < -0.3 is 20.4 Å². The first-order chi connectivity index (χ1) is 12.5. The second-order valence-electron chi connectivity index (χ2n) is 7.76. The Hall–Kier alpha value is -1.06. The standard InChI is InChI=1S/C20H34N6.HI/c1-16-5-7-18(8-6-16)26-10-9-17(14-26)23-20(21-2)22-13-19-15-24(3)11-12-25(19)4;/h5-8,17,19H,9-15H2,1-4H3,(H2,21,22,23);1H. The summed E-state index contributed by atoms with van der Waals surface area (Å²) < 4.78 is 0. The molecule has 2 heterocycles. The second kappa shape index (κ2) is 10.5. The minimum Gasteiger partial charge on any atom is -0.369 e. The largest absolute Gasteiger partial charge is 0.369 e. The molecule has 7 heteroatoms. The lowest BCUT2D eigenvalue weighted by atomic mass is 10.2. The molecule has 152 valence electrons. The summed E-state index contributed by atoms with van der Waals surface area (Å²) in [5.41, 5.74) is 2.63. The van der Waals surface area contributed by atoms with Gasteiger partial charge in [-0.25, -0.2) is 0 Å². The lowest BCUT2D eigenvalue weighted by Gasteiger charge is -2.38. The summed E-state index contributed by atoms with van der Waals surface area (Å²) in [6.07, 6.45) is 1.14. The van der Waals surface area contributed by atoms with E-state index in [1.165, 1.54) is 11.3 Å². The summed E-state index contributed by atoms with van der Waals surface area (Å²) in [6.45, 7) is 8.55. The van der Waals surface area contributed by atoms with E-state index in [1.54, 1.807) is 0 Å². The molecule has 2 unspecified atom stereocenters. The smallest absolute Gasteiger partial charge is 0.191 e. The number of halogens is 1. The number of piperazine rings is 1. The molecule has 3 rings (SSSR count). The second-order valence-corrected chi connectivity index (χ2v) is 7.76. The van der Waals surface area contributed by atoms with E-state index in [1.807, 2.05) is 7.05 Å². The topological polar surface area (TPSA) is 46.1 Å². The van der Waals surface area contributed by atoms with E-state index in [0.29, 0.717) is 12.1 Å². The van der Waals surface area contributed by atoms with Crippen LogP contribution in [-0.4, -0.2) is 88.3 Å². The van der Waals surface area contributed by atoms with Gasteiger partial charge in [0.15, 0.2) is 5.96 Å². The molecular weight excluding hydrogens is 451 g/mol. The van der Waals surface area contributed by atoms with Crippen molar-refractivity contribution in [3.05, 3.63) is 29.8 Å². The third-order valence-electron chi connectivity index (χ3n) is 5.64. The molecule has 0 bridgehead atoms. The maximum atomic E-state index is 4.43. The zero-order valence-corrected chi connectivity index (χ0v) is 19.4. The van der Waals surface area contributed by atoms with Crippen molar-refractivity contribution >= 4 is 35.6 Å². The first-order valence-electron chi connectivity index (χ1n) is 9.72.